The molecule has 2 aromatic heterocycles. The first kappa shape index (κ1) is 10.3. The third kappa shape index (κ3) is 2.22. The summed E-state index contributed by atoms with van der Waals surface area (Å²) >= 11 is 0. The number of nitrogens with one attached hydrogen (secondary N) is 2. The van der Waals surface area contributed by atoms with Gasteiger partial charge in [0.05, 0.1) is 11.7 Å². The Morgan fingerprint density at radius 3 is 2.94 bits per heavy atom. The van der Waals surface area contributed by atoms with E-state index in [1.165, 1.54) is 6.33 Å². The third-order valence-corrected chi connectivity index (χ3v) is 2.11. The largest absolute Gasteiger partial charge is 0.341 e. The smallest absolute Gasteiger partial charge is 0.289 e. The Morgan fingerprint density at radius 2 is 2.31 bits per heavy atom. The molecule has 6 heteroatoms. The van der Waals surface area contributed by atoms with E-state index in [1.54, 1.807) is 6.20 Å². The molecule has 0 saturated heterocycles. The van der Waals surface area contributed by atoms with E-state index in [0.717, 1.165) is 5.69 Å². The van der Waals surface area contributed by atoms with Gasteiger partial charge in [-0.25, -0.2) is 4.98 Å². The molecule has 0 aromatic carbocycles. The van der Waals surface area contributed by atoms with E-state index in [2.05, 4.69) is 25.5 Å². The fourth-order valence-electron chi connectivity index (χ4n) is 1.29. The fraction of sp³-hybridized carbons (Fsp3) is 0.200. The van der Waals surface area contributed by atoms with Crippen molar-refractivity contribution < 1.29 is 4.79 Å². The summed E-state index contributed by atoms with van der Waals surface area (Å²) in [5.74, 6) is -0.0987. The molecule has 16 heavy (non-hydrogen) atoms. The average molecular weight is 217 g/mol. The van der Waals surface area contributed by atoms with Crippen molar-refractivity contribution in [3.05, 3.63) is 42.2 Å². The number of aromatic nitrogens is 4. The van der Waals surface area contributed by atoms with E-state index in [1.807, 2.05) is 25.1 Å². The Balaban J connectivity index is 2.03. The van der Waals surface area contributed by atoms with E-state index in [0.29, 0.717) is 0 Å². The van der Waals surface area contributed by atoms with Gasteiger partial charge in [-0.05, 0) is 19.1 Å². The molecule has 2 aromatic rings. The molecule has 0 aliphatic heterocycles. The molecular formula is C10H11N5O. The van der Waals surface area contributed by atoms with Crippen LogP contribution in [0.1, 0.15) is 29.3 Å². The lowest BCUT2D eigenvalue weighted by Crippen LogP contribution is -2.28. The van der Waals surface area contributed by atoms with Gasteiger partial charge in [0, 0.05) is 6.20 Å². The number of hydrogen-bond acceptors (Lipinski definition) is 4. The van der Waals surface area contributed by atoms with E-state index < -0.39 is 0 Å². The van der Waals surface area contributed by atoms with Crippen LogP contribution in [-0.2, 0) is 0 Å². The summed E-state index contributed by atoms with van der Waals surface area (Å²) in [6.45, 7) is 1.86. The normalized spacial score (nSPS) is 12.1. The van der Waals surface area contributed by atoms with Crippen molar-refractivity contribution >= 4 is 5.91 Å². The molecule has 2 rings (SSSR count). The van der Waals surface area contributed by atoms with Gasteiger partial charge in [0.25, 0.3) is 5.91 Å². The third-order valence-electron chi connectivity index (χ3n) is 2.11. The summed E-state index contributed by atoms with van der Waals surface area (Å²) < 4.78 is 0. The van der Waals surface area contributed by atoms with Gasteiger partial charge in [-0.2, -0.15) is 5.10 Å². The SMILES string of the molecule is CC(NC(=O)c1ncn[nH]1)c1ccccn1. The van der Waals surface area contributed by atoms with Crippen LogP contribution >= 0.6 is 0 Å². The predicted molar refractivity (Wildman–Crippen MR) is 56.5 cm³/mol. The number of nitrogens with zero attached hydrogens (tertiary/aromatic N) is 3. The minimum Gasteiger partial charge on any atom is -0.341 e. The number of aromatic amines is 1. The molecule has 1 atom stereocenters. The van der Waals surface area contributed by atoms with Crippen LogP contribution in [-0.4, -0.2) is 26.1 Å². The number of rotatable bonds is 3. The predicted octanol–water partition coefficient (Wildman–Crippen LogP) is 0.691. The maximum atomic E-state index is 11.6. The van der Waals surface area contributed by atoms with Crippen LogP contribution in [0.4, 0.5) is 0 Å². The molecular weight excluding hydrogens is 206 g/mol. The number of hydrogen-bond donors (Lipinski definition) is 2. The van der Waals surface area contributed by atoms with Crippen LogP contribution < -0.4 is 5.32 Å². The van der Waals surface area contributed by atoms with Crippen molar-refractivity contribution in [3.63, 3.8) is 0 Å². The monoisotopic (exact) mass is 217 g/mol. The lowest BCUT2D eigenvalue weighted by molar-refractivity contribution is 0.0929. The summed E-state index contributed by atoms with van der Waals surface area (Å²) in [5, 5.41) is 8.87. The average Bonchev–Trinajstić information content (AvgIpc) is 2.83. The highest BCUT2D eigenvalue weighted by molar-refractivity contribution is 5.90. The van der Waals surface area contributed by atoms with E-state index in [-0.39, 0.29) is 17.8 Å². The molecule has 0 aliphatic rings. The summed E-state index contributed by atoms with van der Waals surface area (Å²) in [6.07, 6.45) is 2.98. The van der Waals surface area contributed by atoms with Gasteiger partial charge in [-0.3, -0.25) is 14.9 Å². The minimum atomic E-state index is -0.296. The first-order valence-electron chi connectivity index (χ1n) is 4.84. The van der Waals surface area contributed by atoms with Crippen LogP contribution in [0.5, 0.6) is 0 Å². The number of H-pyrrole nitrogens is 1. The number of amides is 1. The molecule has 2 heterocycles. The van der Waals surface area contributed by atoms with Gasteiger partial charge in [0.2, 0.25) is 5.82 Å². The zero-order valence-corrected chi connectivity index (χ0v) is 8.71. The van der Waals surface area contributed by atoms with Crippen molar-refractivity contribution in [1.82, 2.24) is 25.5 Å². The molecule has 0 fully saturated rings. The Kier molecular flexibility index (Phi) is 2.90. The van der Waals surface area contributed by atoms with Crippen LogP contribution in [0.15, 0.2) is 30.7 Å². The topological polar surface area (TPSA) is 83.6 Å². The molecule has 6 nitrogen and oxygen atoms in total. The maximum absolute atomic E-state index is 11.6. The summed E-state index contributed by atoms with van der Waals surface area (Å²) in [4.78, 5) is 19.5. The van der Waals surface area contributed by atoms with E-state index in [4.69, 9.17) is 0 Å². The quantitative estimate of drug-likeness (QED) is 0.792. The molecule has 1 amide bonds. The number of carbonyl (C=O) groups excluding carboxylic acids is 1. The first-order chi connectivity index (χ1) is 7.77. The Bertz CT molecular complexity index is 453. The lowest BCUT2D eigenvalue weighted by atomic mass is 10.2. The lowest BCUT2D eigenvalue weighted by Gasteiger charge is -2.11. The van der Waals surface area contributed by atoms with Gasteiger partial charge in [0.15, 0.2) is 0 Å². The minimum absolute atomic E-state index is 0.168. The van der Waals surface area contributed by atoms with Gasteiger partial charge >= 0.3 is 0 Å². The molecule has 0 aliphatic carbocycles. The molecule has 2 N–H and O–H groups in total. The number of carbonyl (C=O) groups is 1. The standard InChI is InChI=1S/C10H11N5O/c1-7(8-4-2-3-5-11-8)14-10(16)9-12-6-13-15-9/h2-7H,1H3,(H,14,16)(H,12,13,15). The van der Waals surface area contributed by atoms with Crippen molar-refractivity contribution in [2.24, 2.45) is 0 Å². The molecule has 0 spiro atoms. The van der Waals surface area contributed by atoms with Crippen molar-refractivity contribution in [1.29, 1.82) is 0 Å². The van der Waals surface area contributed by atoms with Crippen molar-refractivity contribution in [2.75, 3.05) is 0 Å². The number of pyridine rings is 1. The maximum Gasteiger partial charge on any atom is 0.289 e. The van der Waals surface area contributed by atoms with Gasteiger partial charge in [-0.15, -0.1) is 0 Å². The Hall–Kier alpha value is -2.24. The highest BCUT2D eigenvalue weighted by Crippen LogP contribution is 2.07. The Morgan fingerprint density at radius 1 is 1.44 bits per heavy atom. The van der Waals surface area contributed by atoms with Crippen molar-refractivity contribution in [3.8, 4) is 0 Å². The Labute approximate surface area is 92.1 Å². The summed E-state index contributed by atoms with van der Waals surface area (Å²) in [7, 11) is 0. The zero-order chi connectivity index (χ0) is 11.4. The first-order valence-corrected chi connectivity index (χ1v) is 4.84. The highest BCUT2D eigenvalue weighted by atomic mass is 16.2. The fourth-order valence-corrected chi connectivity index (χ4v) is 1.29. The van der Waals surface area contributed by atoms with Crippen molar-refractivity contribution in [2.45, 2.75) is 13.0 Å². The van der Waals surface area contributed by atoms with Crippen LogP contribution in [0, 0.1) is 0 Å². The van der Waals surface area contributed by atoms with Crippen LogP contribution in [0.3, 0.4) is 0 Å². The zero-order valence-electron chi connectivity index (χ0n) is 8.71. The van der Waals surface area contributed by atoms with Crippen LogP contribution in [0.25, 0.3) is 0 Å². The van der Waals surface area contributed by atoms with Gasteiger partial charge in [0.1, 0.15) is 6.33 Å². The molecule has 82 valence electrons. The van der Waals surface area contributed by atoms with E-state index >= 15 is 0 Å². The second kappa shape index (κ2) is 4.52. The summed E-state index contributed by atoms with van der Waals surface area (Å²) in [6, 6.07) is 5.39. The van der Waals surface area contributed by atoms with Gasteiger partial charge < -0.3 is 5.32 Å². The second-order valence-electron chi connectivity index (χ2n) is 3.28. The van der Waals surface area contributed by atoms with Crippen LogP contribution in [0.2, 0.25) is 0 Å². The van der Waals surface area contributed by atoms with E-state index in [9.17, 15) is 4.79 Å². The molecule has 0 saturated carbocycles. The molecule has 1 unspecified atom stereocenters. The summed E-state index contributed by atoms with van der Waals surface area (Å²) in [5.41, 5.74) is 0.801. The molecule has 0 bridgehead atoms. The van der Waals surface area contributed by atoms with Gasteiger partial charge in [-0.1, -0.05) is 6.07 Å². The molecule has 0 radical (unpaired) electrons. The highest BCUT2D eigenvalue weighted by Gasteiger charge is 2.13. The second-order valence-corrected chi connectivity index (χ2v) is 3.28.